The molecule has 2 aromatic carbocycles. The monoisotopic (exact) mass is 318 g/mol. The number of benzene rings is 2. The second kappa shape index (κ2) is 6.50. The van der Waals surface area contributed by atoms with Gasteiger partial charge in [-0.3, -0.25) is 4.79 Å². The third-order valence-corrected chi connectivity index (χ3v) is 3.60. The van der Waals surface area contributed by atoms with Crippen molar-refractivity contribution in [3.63, 3.8) is 0 Å². The van der Waals surface area contributed by atoms with Crippen LogP contribution in [-0.4, -0.2) is 20.7 Å². The number of rotatable bonds is 4. The molecular weight excluding hydrogens is 300 g/mol. The van der Waals surface area contributed by atoms with Gasteiger partial charge in [-0.15, -0.1) is 5.10 Å². The van der Waals surface area contributed by atoms with E-state index in [9.17, 15) is 4.79 Å². The standard InChI is InChI=1S/C19H18N4O/c1-13-8-14(2)10-16(9-13)19-21-12-23(22-19)11-17(18(20)24)15-6-4-3-5-7-15/h3-12H,1-2H3,(H2,20,24). The number of aryl methyl sites for hydroxylation is 2. The maximum Gasteiger partial charge on any atom is 0.250 e. The van der Waals surface area contributed by atoms with Gasteiger partial charge in [-0.25, -0.2) is 9.67 Å². The Morgan fingerprint density at radius 2 is 1.75 bits per heavy atom. The lowest BCUT2D eigenvalue weighted by Crippen LogP contribution is -2.13. The predicted molar refractivity (Wildman–Crippen MR) is 94.7 cm³/mol. The summed E-state index contributed by atoms with van der Waals surface area (Å²) in [5, 5.41) is 4.43. The Morgan fingerprint density at radius 3 is 2.38 bits per heavy atom. The van der Waals surface area contributed by atoms with Crippen molar-refractivity contribution in [1.82, 2.24) is 14.8 Å². The molecule has 0 fully saturated rings. The quantitative estimate of drug-likeness (QED) is 0.751. The molecule has 1 heterocycles. The summed E-state index contributed by atoms with van der Waals surface area (Å²) in [6.45, 7) is 4.07. The Morgan fingerprint density at radius 1 is 1.08 bits per heavy atom. The largest absolute Gasteiger partial charge is 0.366 e. The van der Waals surface area contributed by atoms with Crippen molar-refractivity contribution in [1.29, 1.82) is 0 Å². The first-order chi connectivity index (χ1) is 11.5. The molecule has 0 aliphatic heterocycles. The Hall–Kier alpha value is -3.21. The topological polar surface area (TPSA) is 73.8 Å². The smallest absolute Gasteiger partial charge is 0.250 e. The van der Waals surface area contributed by atoms with Crippen molar-refractivity contribution in [3.05, 3.63) is 71.5 Å². The van der Waals surface area contributed by atoms with E-state index in [0.717, 1.165) is 22.3 Å². The van der Waals surface area contributed by atoms with Crippen LogP contribution in [0.4, 0.5) is 0 Å². The lowest BCUT2D eigenvalue weighted by atomic mass is 10.1. The summed E-state index contributed by atoms with van der Waals surface area (Å²) in [7, 11) is 0. The van der Waals surface area contributed by atoms with Gasteiger partial charge in [-0.1, -0.05) is 47.5 Å². The van der Waals surface area contributed by atoms with Crippen molar-refractivity contribution < 1.29 is 4.79 Å². The molecule has 1 aromatic heterocycles. The molecule has 0 unspecified atom stereocenters. The first kappa shape index (κ1) is 15.7. The maximum absolute atomic E-state index is 11.8. The zero-order valence-corrected chi connectivity index (χ0v) is 13.6. The van der Waals surface area contributed by atoms with Gasteiger partial charge in [-0.2, -0.15) is 0 Å². The van der Waals surface area contributed by atoms with Crippen LogP contribution in [0.25, 0.3) is 23.2 Å². The predicted octanol–water partition coefficient (Wildman–Crippen LogP) is 3.05. The third-order valence-electron chi connectivity index (χ3n) is 3.60. The Kier molecular flexibility index (Phi) is 4.24. The lowest BCUT2D eigenvalue weighted by molar-refractivity contribution is -0.112. The van der Waals surface area contributed by atoms with Crippen LogP contribution in [0.15, 0.2) is 54.9 Å². The summed E-state index contributed by atoms with van der Waals surface area (Å²) in [6, 6.07) is 15.4. The number of aromatic nitrogens is 3. The van der Waals surface area contributed by atoms with Crippen molar-refractivity contribution in [2.24, 2.45) is 5.73 Å². The average Bonchev–Trinajstić information content (AvgIpc) is 3.01. The highest BCUT2D eigenvalue weighted by Crippen LogP contribution is 2.19. The number of primary amides is 1. The van der Waals surface area contributed by atoms with E-state index in [1.54, 1.807) is 12.5 Å². The SMILES string of the molecule is Cc1cc(C)cc(-c2ncn(C=C(C(N)=O)c3ccccc3)n2)c1. The zero-order chi connectivity index (χ0) is 17.1. The fourth-order valence-electron chi connectivity index (χ4n) is 2.60. The van der Waals surface area contributed by atoms with Gasteiger partial charge in [0.1, 0.15) is 6.33 Å². The molecule has 5 nitrogen and oxygen atoms in total. The van der Waals surface area contributed by atoms with Gasteiger partial charge < -0.3 is 5.73 Å². The molecule has 1 amide bonds. The third kappa shape index (κ3) is 3.41. The minimum absolute atomic E-state index is 0.382. The molecule has 0 radical (unpaired) electrons. The number of amides is 1. The number of carbonyl (C=O) groups is 1. The zero-order valence-electron chi connectivity index (χ0n) is 13.6. The van der Waals surface area contributed by atoms with E-state index in [1.807, 2.05) is 56.3 Å². The van der Waals surface area contributed by atoms with Crippen molar-refractivity contribution in [3.8, 4) is 11.4 Å². The first-order valence-electron chi connectivity index (χ1n) is 7.60. The molecule has 0 aliphatic rings. The molecule has 0 atom stereocenters. The van der Waals surface area contributed by atoms with Crippen LogP contribution in [0.2, 0.25) is 0 Å². The summed E-state index contributed by atoms with van der Waals surface area (Å²) in [5.41, 5.74) is 9.88. The number of hydrogen-bond acceptors (Lipinski definition) is 3. The Bertz CT molecular complexity index is 890. The van der Waals surface area contributed by atoms with Gasteiger partial charge in [0.2, 0.25) is 0 Å². The summed E-state index contributed by atoms with van der Waals surface area (Å²) in [6.07, 6.45) is 3.16. The summed E-state index contributed by atoms with van der Waals surface area (Å²) in [5.74, 6) is 0.0968. The molecule has 0 spiro atoms. The fraction of sp³-hybridized carbons (Fsp3) is 0.105. The van der Waals surface area contributed by atoms with E-state index >= 15 is 0 Å². The van der Waals surface area contributed by atoms with Gasteiger partial charge >= 0.3 is 0 Å². The second-order valence-corrected chi connectivity index (χ2v) is 5.70. The first-order valence-corrected chi connectivity index (χ1v) is 7.60. The van der Waals surface area contributed by atoms with Gasteiger partial charge in [0.25, 0.3) is 5.91 Å². The van der Waals surface area contributed by atoms with E-state index in [1.165, 1.54) is 4.68 Å². The molecule has 24 heavy (non-hydrogen) atoms. The lowest BCUT2D eigenvalue weighted by Gasteiger charge is -2.03. The molecule has 5 heteroatoms. The van der Waals surface area contributed by atoms with Crippen LogP contribution < -0.4 is 5.73 Å². The van der Waals surface area contributed by atoms with Gasteiger partial charge in [0.15, 0.2) is 5.82 Å². The highest BCUT2D eigenvalue weighted by atomic mass is 16.1. The minimum Gasteiger partial charge on any atom is -0.366 e. The van der Waals surface area contributed by atoms with E-state index in [-0.39, 0.29) is 0 Å². The second-order valence-electron chi connectivity index (χ2n) is 5.70. The van der Waals surface area contributed by atoms with Crippen LogP contribution in [0.3, 0.4) is 0 Å². The fourth-order valence-corrected chi connectivity index (χ4v) is 2.60. The van der Waals surface area contributed by atoms with Crippen molar-refractivity contribution in [2.45, 2.75) is 13.8 Å². The van der Waals surface area contributed by atoms with E-state index < -0.39 is 5.91 Å². The van der Waals surface area contributed by atoms with E-state index in [0.29, 0.717) is 11.4 Å². The van der Waals surface area contributed by atoms with Crippen LogP contribution >= 0.6 is 0 Å². The highest BCUT2D eigenvalue weighted by molar-refractivity contribution is 6.22. The molecule has 0 saturated carbocycles. The molecule has 3 aromatic rings. The highest BCUT2D eigenvalue weighted by Gasteiger charge is 2.10. The van der Waals surface area contributed by atoms with Gasteiger partial charge in [0.05, 0.1) is 5.57 Å². The Labute approximate surface area is 140 Å². The molecule has 3 rings (SSSR count). The summed E-state index contributed by atoms with van der Waals surface area (Å²) >= 11 is 0. The van der Waals surface area contributed by atoms with E-state index in [4.69, 9.17) is 5.73 Å². The van der Waals surface area contributed by atoms with E-state index in [2.05, 4.69) is 16.1 Å². The maximum atomic E-state index is 11.8. The Balaban J connectivity index is 1.99. The van der Waals surface area contributed by atoms with Crippen LogP contribution in [0.5, 0.6) is 0 Å². The molecular formula is C19H18N4O. The number of nitrogens with two attached hydrogens (primary N) is 1. The number of hydrogen-bond donors (Lipinski definition) is 1. The van der Waals surface area contributed by atoms with Crippen molar-refractivity contribution >= 4 is 17.7 Å². The summed E-state index contributed by atoms with van der Waals surface area (Å²) in [4.78, 5) is 16.1. The minimum atomic E-state index is -0.510. The molecule has 0 aliphatic carbocycles. The number of nitrogens with zero attached hydrogens (tertiary/aromatic N) is 3. The van der Waals surface area contributed by atoms with Gasteiger partial charge in [-0.05, 0) is 31.5 Å². The van der Waals surface area contributed by atoms with Crippen LogP contribution in [0, 0.1) is 13.8 Å². The normalized spacial score (nSPS) is 11.5. The number of carbonyl (C=O) groups excluding carboxylic acids is 1. The molecule has 0 saturated heterocycles. The average molecular weight is 318 g/mol. The van der Waals surface area contributed by atoms with Gasteiger partial charge in [0, 0.05) is 11.8 Å². The van der Waals surface area contributed by atoms with Crippen LogP contribution in [0.1, 0.15) is 16.7 Å². The molecule has 120 valence electrons. The summed E-state index contributed by atoms with van der Waals surface area (Å²) < 4.78 is 1.51. The van der Waals surface area contributed by atoms with Crippen LogP contribution in [-0.2, 0) is 4.79 Å². The molecule has 2 N–H and O–H groups in total. The van der Waals surface area contributed by atoms with Crippen molar-refractivity contribution in [2.75, 3.05) is 0 Å². The molecule has 0 bridgehead atoms.